The van der Waals surface area contributed by atoms with Gasteiger partial charge in [-0.25, -0.2) is 9.37 Å². The van der Waals surface area contributed by atoms with Crippen LogP contribution in [0.3, 0.4) is 0 Å². The third-order valence-corrected chi connectivity index (χ3v) is 5.79. The summed E-state index contributed by atoms with van der Waals surface area (Å²) in [4.78, 5) is 21.2. The van der Waals surface area contributed by atoms with Crippen molar-refractivity contribution in [3.8, 4) is 0 Å². The zero-order valence-electron chi connectivity index (χ0n) is 16.5. The second-order valence-electron chi connectivity index (χ2n) is 7.77. The van der Waals surface area contributed by atoms with Gasteiger partial charge in [0.25, 0.3) is 5.91 Å². The number of pyridine rings is 1. The molecule has 0 saturated carbocycles. The molecule has 0 radical (unpaired) electrons. The van der Waals surface area contributed by atoms with Crippen LogP contribution >= 0.6 is 11.6 Å². The Balaban J connectivity index is 1.52. The smallest absolute Gasteiger partial charge is 0.255 e. The van der Waals surface area contributed by atoms with Gasteiger partial charge in [-0.15, -0.1) is 0 Å². The van der Waals surface area contributed by atoms with Crippen molar-refractivity contribution in [3.63, 3.8) is 0 Å². The van der Waals surface area contributed by atoms with Crippen LogP contribution < -0.4 is 4.90 Å². The van der Waals surface area contributed by atoms with Gasteiger partial charge < -0.3 is 14.5 Å². The zero-order valence-corrected chi connectivity index (χ0v) is 17.2. The number of amides is 1. The Bertz CT molecular complexity index is 871. The van der Waals surface area contributed by atoms with Gasteiger partial charge in [0.2, 0.25) is 0 Å². The number of carbonyl (C=O) groups is 1. The Hall–Kier alpha value is -2.18. The summed E-state index contributed by atoms with van der Waals surface area (Å²) in [5.41, 5.74) is 1.44. The number of morpholine rings is 1. The van der Waals surface area contributed by atoms with Crippen LogP contribution in [0.15, 0.2) is 36.5 Å². The Morgan fingerprint density at radius 3 is 2.59 bits per heavy atom. The summed E-state index contributed by atoms with van der Waals surface area (Å²) < 4.78 is 19.3. The third-order valence-electron chi connectivity index (χ3n) is 5.51. The molecule has 2 unspecified atom stereocenters. The topological polar surface area (TPSA) is 45.7 Å². The molecule has 1 amide bonds. The van der Waals surface area contributed by atoms with Gasteiger partial charge >= 0.3 is 0 Å². The number of carbonyl (C=O) groups excluding carboxylic acids is 1. The number of anilines is 1. The van der Waals surface area contributed by atoms with Crippen molar-refractivity contribution < 1.29 is 13.9 Å². The number of rotatable bonds is 3. The number of likely N-dealkylation sites (tertiary alicyclic amines) is 1. The minimum Gasteiger partial charge on any atom is -0.367 e. The molecule has 2 saturated heterocycles. The molecule has 154 valence electrons. The van der Waals surface area contributed by atoms with E-state index >= 15 is 0 Å². The number of aromatic nitrogens is 1. The minimum atomic E-state index is -0.270. The average molecular weight is 418 g/mol. The number of hydrogen-bond donors (Lipinski definition) is 0. The highest BCUT2D eigenvalue weighted by molar-refractivity contribution is 6.33. The lowest BCUT2D eigenvalue weighted by molar-refractivity contribution is -0.0176. The summed E-state index contributed by atoms with van der Waals surface area (Å²) in [5, 5.41) is 0.458. The number of benzene rings is 1. The molecule has 1 aromatic heterocycles. The fourth-order valence-corrected chi connectivity index (χ4v) is 4.33. The summed E-state index contributed by atoms with van der Waals surface area (Å²) in [6, 6.07) is 8.08. The first-order valence-electron chi connectivity index (χ1n) is 10.1. The molecule has 7 heteroatoms. The third kappa shape index (κ3) is 4.54. The summed E-state index contributed by atoms with van der Waals surface area (Å²) in [6.07, 6.45) is 4.64. The van der Waals surface area contributed by atoms with E-state index < -0.39 is 0 Å². The largest absolute Gasteiger partial charge is 0.367 e. The van der Waals surface area contributed by atoms with Gasteiger partial charge in [-0.3, -0.25) is 4.79 Å². The van der Waals surface area contributed by atoms with Crippen LogP contribution in [0.1, 0.15) is 48.2 Å². The maximum atomic E-state index is 13.3. The fraction of sp³-hybridized carbons (Fsp3) is 0.455. The molecule has 1 aromatic carbocycles. The average Bonchev–Trinajstić information content (AvgIpc) is 2.74. The van der Waals surface area contributed by atoms with Crippen molar-refractivity contribution in [2.24, 2.45) is 0 Å². The molecule has 2 atom stereocenters. The number of nitrogens with zero attached hydrogens (tertiary/aromatic N) is 3. The van der Waals surface area contributed by atoms with E-state index in [2.05, 4.69) is 9.88 Å². The predicted octanol–water partition coefficient (Wildman–Crippen LogP) is 4.47. The summed E-state index contributed by atoms with van der Waals surface area (Å²) >= 11 is 6.54. The van der Waals surface area contributed by atoms with Gasteiger partial charge in [0.1, 0.15) is 17.7 Å². The van der Waals surface area contributed by atoms with E-state index in [9.17, 15) is 9.18 Å². The van der Waals surface area contributed by atoms with Crippen LogP contribution in [0.5, 0.6) is 0 Å². The van der Waals surface area contributed by atoms with Crippen LogP contribution in [-0.2, 0) is 4.74 Å². The van der Waals surface area contributed by atoms with Crippen LogP contribution in [0.4, 0.5) is 10.2 Å². The van der Waals surface area contributed by atoms with Crippen LogP contribution in [0.25, 0.3) is 0 Å². The first-order chi connectivity index (χ1) is 14.0. The molecule has 2 aliphatic rings. The zero-order chi connectivity index (χ0) is 20.4. The first-order valence-corrected chi connectivity index (χ1v) is 10.5. The highest BCUT2D eigenvalue weighted by Gasteiger charge is 2.29. The fourth-order valence-electron chi connectivity index (χ4n) is 4.05. The molecule has 0 aliphatic carbocycles. The maximum absolute atomic E-state index is 13.3. The number of piperidine rings is 1. The van der Waals surface area contributed by atoms with Crippen molar-refractivity contribution in [2.75, 3.05) is 31.1 Å². The van der Waals surface area contributed by atoms with E-state index in [0.29, 0.717) is 29.5 Å². The molecule has 0 N–H and O–H groups in total. The highest BCUT2D eigenvalue weighted by atomic mass is 35.5. The predicted molar refractivity (Wildman–Crippen MR) is 111 cm³/mol. The lowest BCUT2D eigenvalue weighted by Gasteiger charge is -2.38. The monoisotopic (exact) mass is 417 g/mol. The second kappa shape index (κ2) is 8.67. The Kier molecular flexibility index (Phi) is 6.01. The van der Waals surface area contributed by atoms with Crippen LogP contribution in [0, 0.1) is 5.82 Å². The maximum Gasteiger partial charge on any atom is 0.255 e. The normalized spacial score (nSPS) is 22.6. The number of hydrogen-bond acceptors (Lipinski definition) is 4. The summed E-state index contributed by atoms with van der Waals surface area (Å²) in [7, 11) is 0. The standard InChI is InChI=1S/C22H25ClFN3O2/c1-15-13-27(14-20(29-15)16-5-7-18(24)8-6-16)21-19(23)11-17(12-25-21)22(28)26-9-3-2-4-10-26/h5-8,11-12,15,20H,2-4,9-10,13-14H2,1H3. The molecular weight excluding hydrogens is 393 g/mol. The lowest BCUT2D eigenvalue weighted by atomic mass is 10.1. The lowest BCUT2D eigenvalue weighted by Crippen LogP contribution is -2.43. The van der Waals surface area contributed by atoms with E-state index in [1.165, 1.54) is 18.6 Å². The minimum absolute atomic E-state index is 0.00909. The van der Waals surface area contributed by atoms with Gasteiger partial charge in [-0.2, -0.15) is 0 Å². The molecule has 3 heterocycles. The molecule has 4 rings (SSSR count). The Morgan fingerprint density at radius 1 is 1.17 bits per heavy atom. The Labute approximate surface area is 175 Å². The van der Waals surface area contributed by atoms with Crippen LogP contribution in [-0.4, -0.2) is 48.1 Å². The van der Waals surface area contributed by atoms with Crippen LogP contribution in [0.2, 0.25) is 5.02 Å². The molecule has 0 bridgehead atoms. The summed E-state index contributed by atoms with van der Waals surface area (Å²) in [5.74, 6) is 0.363. The first kappa shape index (κ1) is 20.1. The SMILES string of the molecule is CC1CN(c2ncc(C(=O)N3CCCCC3)cc2Cl)CC(c2ccc(F)cc2)O1. The molecule has 29 heavy (non-hydrogen) atoms. The quantitative estimate of drug-likeness (QED) is 0.739. The molecule has 2 aliphatic heterocycles. The van der Waals surface area contributed by atoms with Gasteiger partial charge in [0.05, 0.1) is 16.7 Å². The number of ether oxygens (including phenoxy) is 1. The van der Waals surface area contributed by atoms with Crippen molar-refractivity contribution >= 4 is 23.3 Å². The number of halogens is 2. The van der Waals surface area contributed by atoms with Crippen molar-refractivity contribution in [1.29, 1.82) is 0 Å². The van der Waals surface area contributed by atoms with Crippen molar-refractivity contribution in [1.82, 2.24) is 9.88 Å². The van der Waals surface area contributed by atoms with Crippen molar-refractivity contribution in [2.45, 2.75) is 38.4 Å². The van der Waals surface area contributed by atoms with E-state index in [0.717, 1.165) is 31.5 Å². The van der Waals surface area contributed by atoms with E-state index in [1.54, 1.807) is 24.4 Å². The molecule has 2 fully saturated rings. The van der Waals surface area contributed by atoms with Crippen molar-refractivity contribution in [3.05, 3.63) is 58.5 Å². The Morgan fingerprint density at radius 2 is 1.90 bits per heavy atom. The molecule has 0 spiro atoms. The van der Waals surface area contributed by atoms with Gasteiger partial charge in [0, 0.05) is 32.4 Å². The molecule has 2 aromatic rings. The van der Waals surface area contributed by atoms with Gasteiger partial charge in [0.15, 0.2) is 0 Å². The molecular formula is C22H25ClFN3O2. The van der Waals surface area contributed by atoms with Gasteiger partial charge in [-0.05, 0) is 49.9 Å². The van der Waals surface area contributed by atoms with E-state index in [-0.39, 0.29) is 23.9 Å². The van der Waals surface area contributed by atoms with E-state index in [4.69, 9.17) is 16.3 Å². The van der Waals surface area contributed by atoms with Gasteiger partial charge in [-0.1, -0.05) is 23.7 Å². The summed E-state index contributed by atoms with van der Waals surface area (Å²) in [6.45, 7) is 4.77. The second-order valence-corrected chi connectivity index (χ2v) is 8.18. The van der Waals surface area contributed by atoms with E-state index in [1.807, 2.05) is 11.8 Å². The molecule has 5 nitrogen and oxygen atoms in total. The highest BCUT2D eigenvalue weighted by Crippen LogP contribution is 2.32.